The minimum Gasteiger partial charge on any atom is -0.305 e. The van der Waals surface area contributed by atoms with Crippen molar-refractivity contribution in [1.29, 1.82) is 0 Å². The lowest BCUT2D eigenvalue weighted by molar-refractivity contribution is 0.207. The van der Waals surface area contributed by atoms with Crippen LogP contribution in [0, 0.1) is 0 Å². The molecule has 94 valence electrons. The van der Waals surface area contributed by atoms with E-state index in [1.807, 2.05) is 6.07 Å². The molecule has 1 fully saturated rings. The van der Waals surface area contributed by atoms with E-state index in [9.17, 15) is 0 Å². The van der Waals surface area contributed by atoms with Crippen LogP contribution in [-0.2, 0) is 6.54 Å². The molecular formula is C15H18N2S. The third-order valence-corrected chi connectivity index (χ3v) is 4.59. The Morgan fingerprint density at radius 2 is 2.06 bits per heavy atom. The number of hydrogen-bond acceptors (Lipinski definition) is 3. The zero-order valence-electron chi connectivity index (χ0n) is 10.6. The van der Waals surface area contributed by atoms with Gasteiger partial charge in [0.2, 0.25) is 0 Å². The Morgan fingerprint density at radius 3 is 2.72 bits per heavy atom. The zero-order valence-corrected chi connectivity index (χ0v) is 11.5. The van der Waals surface area contributed by atoms with Gasteiger partial charge >= 0.3 is 0 Å². The lowest BCUT2D eigenvalue weighted by atomic mass is 9.78. The van der Waals surface area contributed by atoms with Crippen LogP contribution in [0.15, 0.2) is 35.7 Å². The summed E-state index contributed by atoms with van der Waals surface area (Å²) in [6, 6.07) is 10.4. The van der Waals surface area contributed by atoms with E-state index in [1.54, 1.807) is 11.3 Å². The fraction of sp³-hybridized carbons (Fsp3) is 0.400. The first-order valence-electron chi connectivity index (χ1n) is 6.50. The van der Waals surface area contributed by atoms with Crippen LogP contribution in [0.3, 0.4) is 0 Å². The standard InChI is InChI=1S/C15H18N2S/c1-15(8-5-9-15)16-10-14-17-13(11-18-14)12-6-3-2-4-7-12/h2-4,6-7,11,16H,5,8-10H2,1H3. The SMILES string of the molecule is CC1(NCc2nc(-c3ccccc3)cs2)CCC1. The molecule has 0 bridgehead atoms. The number of nitrogens with zero attached hydrogens (tertiary/aromatic N) is 1. The van der Waals surface area contributed by atoms with Crippen molar-refractivity contribution < 1.29 is 0 Å². The van der Waals surface area contributed by atoms with Gasteiger partial charge in [0.25, 0.3) is 0 Å². The van der Waals surface area contributed by atoms with Crippen LogP contribution < -0.4 is 5.32 Å². The molecule has 0 amide bonds. The molecule has 1 aliphatic rings. The lowest BCUT2D eigenvalue weighted by Crippen LogP contribution is -2.47. The molecule has 3 heteroatoms. The normalized spacial score (nSPS) is 17.4. The summed E-state index contributed by atoms with van der Waals surface area (Å²) >= 11 is 1.75. The molecule has 0 atom stereocenters. The highest BCUT2D eigenvalue weighted by molar-refractivity contribution is 7.09. The Bertz CT molecular complexity index is 514. The highest BCUT2D eigenvalue weighted by Crippen LogP contribution is 2.31. The van der Waals surface area contributed by atoms with Gasteiger partial charge in [-0.15, -0.1) is 11.3 Å². The van der Waals surface area contributed by atoms with Crippen LogP contribution in [0.5, 0.6) is 0 Å². The van der Waals surface area contributed by atoms with Gasteiger partial charge in [0.1, 0.15) is 5.01 Å². The molecule has 3 rings (SSSR count). The van der Waals surface area contributed by atoms with E-state index in [0.717, 1.165) is 12.2 Å². The van der Waals surface area contributed by atoms with Crippen molar-refractivity contribution in [3.05, 3.63) is 40.7 Å². The molecule has 18 heavy (non-hydrogen) atoms. The molecule has 1 aliphatic carbocycles. The van der Waals surface area contributed by atoms with Crippen LogP contribution in [0.4, 0.5) is 0 Å². The van der Waals surface area contributed by atoms with Gasteiger partial charge in [0.05, 0.1) is 5.69 Å². The first kappa shape index (κ1) is 11.9. The molecule has 1 saturated carbocycles. The van der Waals surface area contributed by atoms with Crippen molar-refractivity contribution in [3.63, 3.8) is 0 Å². The van der Waals surface area contributed by atoms with E-state index in [1.165, 1.54) is 29.8 Å². The van der Waals surface area contributed by atoms with Crippen LogP contribution >= 0.6 is 11.3 Å². The van der Waals surface area contributed by atoms with Gasteiger partial charge in [-0.05, 0) is 26.2 Å². The Kier molecular flexibility index (Phi) is 3.18. The van der Waals surface area contributed by atoms with E-state index < -0.39 is 0 Å². The van der Waals surface area contributed by atoms with E-state index in [0.29, 0.717) is 5.54 Å². The molecule has 1 aromatic heterocycles. The summed E-state index contributed by atoms with van der Waals surface area (Å²) in [7, 11) is 0. The Labute approximate surface area is 112 Å². The quantitative estimate of drug-likeness (QED) is 0.901. The van der Waals surface area contributed by atoms with Gasteiger partial charge in [0, 0.05) is 23.0 Å². The van der Waals surface area contributed by atoms with Gasteiger partial charge in [-0.3, -0.25) is 0 Å². The molecule has 0 aliphatic heterocycles. The molecule has 0 unspecified atom stereocenters. The smallest absolute Gasteiger partial charge is 0.107 e. The highest BCUT2D eigenvalue weighted by Gasteiger charge is 2.30. The van der Waals surface area contributed by atoms with Crippen molar-refractivity contribution in [2.24, 2.45) is 0 Å². The summed E-state index contributed by atoms with van der Waals surface area (Å²) in [5.41, 5.74) is 2.66. The maximum Gasteiger partial charge on any atom is 0.107 e. The minimum atomic E-state index is 0.360. The van der Waals surface area contributed by atoms with Crippen LogP contribution in [0.1, 0.15) is 31.2 Å². The Morgan fingerprint density at radius 1 is 1.28 bits per heavy atom. The Hall–Kier alpha value is -1.19. The second kappa shape index (κ2) is 4.82. The average molecular weight is 258 g/mol. The molecule has 0 saturated heterocycles. The molecule has 0 spiro atoms. The van der Waals surface area contributed by atoms with Crippen LogP contribution in [0.25, 0.3) is 11.3 Å². The van der Waals surface area contributed by atoms with E-state index in [2.05, 4.69) is 41.9 Å². The average Bonchev–Trinajstić information content (AvgIpc) is 2.84. The van der Waals surface area contributed by atoms with Crippen LogP contribution in [0.2, 0.25) is 0 Å². The summed E-state index contributed by atoms with van der Waals surface area (Å²) < 4.78 is 0. The Balaban J connectivity index is 1.66. The molecule has 1 heterocycles. The van der Waals surface area contributed by atoms with E-state index >= 15 is 0 Å². The molecular weight excluding hydrogens is 240 g/mol. The molecule has 2 nitrogen and oxygen atoms in total. The predicted molar refractivity (Wildman–Crippen MR) is 76.6 cm³/mol. The van der Waals surface area contributed by atoms with Crippen molar-refractivity contribution in [1.82, 2.24) is 10.3 Å². The molecule has 0 radical (unpaired) electrons. The highest BCUT2D eigenvalue weighted by atomic mass is 32.1. The van der Waals surface area contributed by atoms with Crippen LogP contribution in [-0.4, -0.2) is 10.5 Å². The number of benzene rings is 1. The van der Waals surface area contributed by atoms with E-state index in [4.69, 9.17) is 4.98 Å². The lowest BCUT2D eigenvalue weighted by Gasteiger charge is -2.39. The summed E-state index contributed by atoms with van der Waals surface area (Å²) in [5.74, 6) is 0. The third kappa shape index (κ3) is 2.47. The minimum absolute atomic E-state index is 0.360. The van der Waals surface area contributed by atoms with E-state index in [-0.39, 0.29) is 0 Å². The van der Waals surface area contributed by atoms with Crippen molar-refractivity contribution in [3.8, 4) is 11.3 Å². The fourth-order valence-electron chi connectivity index (χ4n) is 2.31. The summed E-state index contributed by atoms with van der Waals surface area (Å²) in [6.45, 7) is 3.20. The predicted octanol–water partition coefficient (Wildman–Crippen LogP) is 3.84. The van der Waals surface area contributed by atoms with Crippen molar-refractivity contribution in [2.45, 2.75) is 38.3 Å². The largest absolute Gasteiger partial charge is 0.305 e. The third-order valence-electron chi connectivity index (χ3n) is 3.74. The number of nitrogens with one attached hydrogen (secondary N) is 1. The maximum atomic E-state index is 4.70. The van der Waals surface area contributed by atoms with Gasteiger partial charge in [-0.2, -0.15) is 0 Å². The van der Waals surface area contributed by atoms with Gasteiger partial charge < -0.3 is 5.32 Å². The fourth-order valence-corrected chi connectivity index (χ4v) is 3.05. The summed E-state index contributed by atoms with van der Waals surface area (Å²) in [6.07, 6.45) is 3.95. The first-order chi connectivity index (χ1) is 8.75. The summed E-state index contributed by atoms with van der Waals surface area (Å²) in [5, 5.41) is 6.96. The maximum absolute atomic E-state index is 4.70. The molecule has 1 aromatic carbocycles. The van der Waals surface area contributed by atoms with Crippen molar-refractivity contribution >= 4 is 11.3 Å². The number of aromatic nitrogens is 1. The monoisotopic (exact) mass is 258 g/mol. The second-order valence-electron chi connectivity index (χ2n) is 5.26. The molecule has 1 N–H and O–H groups in total. The second-order valence-corrected chi connectivity index (χ2v) is 6.20. The molecule has 2 aromatic rings. The zero-order chi connectivity index (χ0) is 12.4. The van der Waals surface area contributed by atoms with Gasteiger partial charge in [-0.25, -0.2) is 4.98 Å². The topological polar surface area (TPSA) is 24.9 Å². The first-order valence-corrected chi connectivity index (χ1v) is 7.38. The summed E-state index contributed by atoms with van der Waals surface area (Å²) in [4.78, 5) is 4.70. The number of rotatable bonds is 4. The van der Waals surface area contributed by atoms with Crippen molar-refractivity contribution in [2.75, 3.05) is 0 Å². The number of thiazole rings is 1. The van der Waals surface area contributed by atoms with Gasteiger partial charge in [-0.1, -0.05) is 30.3 Å². The van der Waals surface area contributed by atoms with Gasteiger partial charge in [0.15, 0.2) is 0 Å². The number of hydrogen-bond donors (Lipinski definition) is 1.